The molecule has 0 saturated carbocycles. The molecule has 110 valence electrons. The van der Waals surface area contributed by atoms with Crippen molar-refractivity contribution in [2.45, 2.75) is 25.1 Å². The Labute approximate surface area is 111 Å². The molecule has 0 bridgehead atoms. The molecule has 1 aliphatic rings. The molecular weight excluding hydrogens is 282 g/mol. The number of alkyl halides is 3. The number of hydrogen-bond acceptors (Lipinski definition) is 4. The van der Waals surface area contributed by atoms with Gasteiger partial charge in [-0.3, -0.25) is 4.79 Å². The first-order valence-electron chi connectivity index (χ1n) is 5.82. The lowest BCUT2D eigenvalue weighted by molar-refractivity contribution is -0.160. The number of carbonyl (C=O) groups excluding carboxylic acids is 1. The van der Waals surface area contributed by atoms with Crippen LogP contribution in [0.15, 0.2) is 12.4 Å². The van der Waals surface area contributed by atoms with Crippen molar-refractivity contribution in [2.75, 3.05) is 13.1 Å². The summed E-state index contributed by atoms with van der Waals surface area (Å²) in [5.74, 6) is -1.60. The number of rotatable bonds is 3. The summed E-state index contributed by atoms with van der Waals surface area (Å²) in [6.45, 7) is 0.219. The Morgan fingerprint density at radius 3 is 2.65 bits per heavy atom. The van der Waals surface area contributed by atoms with Crippen molar-refractivity contribution in [1.29, 1.82) is 0 Å². The number of carbonyl (C=O) groups is 1. The van der Waals surface area contributed by atoms with Gasteiger partial charge in [-0.05, 0) is 0 Å². The minimum absolute atomic E-state index is 0.0374. The summed E-state index contributed by atoms with van der Waals surface area (Å²) in [6, 6.07) is -0.0680. The molecule has 0 unspecified atom stereocenters. The highest BCUT2D eigenvalue weighted by atomic mass is 19.4. The predicted octanol–water partition coefficient (Wildman–Crippen LogP) is 1.55. The maximum atomic E-state index is 12.6. The molecule has 1 atom stereocenters. The summed E-state index contributed by atoms with van der Waals surface area (Å²) in [5.41, 5.74) is 0. The zero-order chi connectivity index (χ0) is 14.8. The molecule has 0 N–H and O–H groups in total. The molecule has 1 amide bonds. The molecule has 0 aliphatic carbocycles. The van der Waals surface area contributed by atoms with E-state index in [-0.39, 0.29) is 19.1 Å². The summed E-state index contributed by atoms with van der Waals surface area (Å²) in [7, 11) is 0. The van der Waals surface area contributed by atoms with Crippen LogP contribution in [0, 0.1) is 5.82 Å². The maximum absolute atomic E-state index is 12.6. The molecule has 2 heterocycles. The van der Waals surface area contributed by atoms with Crippen LogP contribution in [-0.2, 0) is 4.79 Å². The molecule has 0 spiro atoms. The van der Waals surface area contributed by atoms with Crippen LogP contribution >= 0.6 is 0 Å². The van der Waals surface area contributed by atoms with Crippen molar-refractivity contribution < 1.29 is 27.1 Å². The Hall–Kier alpha value is -1.93. The van der Waals surface area contributed by atoms with Crippen molar-refractivity contribution in [2.24, 2.45) is 0 Å². The van der Waals surface area contributed by atoms with Crippen molar-refractivity contribution in [3.63, 3.8) is 0 Å². The first kappa shape index (κ1) is 14.5. The number of aromatic nitrogens is 2. The summed E-state index contributed by atoms with van der Waals surface area (Å²) < 4.78 is 54.2. The largest absolute Gasteiger partial charge is 0.458 e. The predicted molar refractivity (Wildman–Crippen MR) is 58.3 cm³/mol. The molecule has 1 aromatic rings. The topological polar surface area (TPSA) is 55.3 Å². The third-order valence-electron chi connectivity index (χ3n) is 2.72. The number of hydrogen-bond donors (Lipinski definition) is 0. The molecule has 9 heteroatoms. The standard InChI is InChI=1S/C11H11F4N3O2/c12-7-4-16-10(17-5-7)20-8-1-2-18(6-8)9(19)3-11(13,14)15/h4-5,8H,1-3,6H2/t8-/m1/s1. The first-order valence-corrected chi connectivity index (χ1v) is 5.82. The lowest BCUT2D eigenvalue weighted by Gasteiger charge is -2.17. The van der Waals surface area contributed by atoms with Gasteiger partial charge in [-0.25, -0.2) is 14.4 Å². The van der Waals surface area contributed by atoms with Gasteiger partial charge in [-0.1, -0.05) is 0 Å². The molecular formula is C11H11F4N3O2. The Bertz CT molecular complexity index is 478. The summed E-state index contributed by atoms with van der Waals surface area (Å²) in [4.78, 5) is 19.6. The third-order valence-corrected chi connectivity index (χ3v) is 2.72. The summed E-state index contributed by atoms with van der Waals surface area (Å²) >= 11 is 0. The molecule has 1 saturated heterocycles. The lowest BCUT2D eigenvalue weighted by Crippen LogP contribution is -2.34. The Kier molecular flexibility index (Phi) is 4.05. The molecule has 1 aliphatic heterocycles. The van der Waals surface area contributed by atoms with E-state index in [0.717, 1.165) is 17.3 Å². The Morgan fingerprint density at radius 1 is 1.40 bits per heavy atom. The molecule has 5 nitrogen and oxygen atoms in total. The highest BCUT2D eigenvalue weighted by Gasteiger charge is 2.36. The number of amides is 1. The van der Waals surface area contributed by atoms with Crippen molar-refractivity contribution >= 4 is 5.91 Å². The van der Waals surface area contributed by atoms with E-state index >= 15 is 0 Å². The van der Waals surface area contributed by atoms with E-state index in [1.807, 2.05) is 0 Å². The van der Waals surface area contributed by atoms with Crippen LogP contribution in [0.4, 0.5) is 17.6 Å². The van der Waals surface area contributed by atoms with Gasteiger partial charge in [0, 0.05) is 13.0 Å². The highest BCUT2D eigenvalue weighted by molar-refractivity contribution is 5.77. The van der Waals surface area contributed by atoms with Gasteiger partial charge in [0.15, 0.2) is 5.82 Å². The first-order chi connectivity index (χ1) is 9.33. The smallest absolute Gasteiger partial charge is 0.397 e. The minimum Gasteiger partial charge on any atom is -0.458 e. The van der Waals surface area contributed by atoms with Crippen LogP contribution in [0.3, 0.4) is 0 Å². The monoisotopic (exact) mass is 293 g/mol. The van der Waals surface area contributed by atoms with Gasteiger partial charge in [0.2, 0.25) is 5.91 Å². The number of nitrogens with zero attached hydrogens (tertiary/aromatic N) is 3. The number of ether oxygens (including phenoxy) is 1. The zero-order valence-electron chi connectivity index (χ0n) is 10.2. The third kappa shape index (κ3) is 4.04. The van der Waals surface area contributed by atoms with E-state index in [4.69, 9.17) is 4.74 Å². The molecule has 1 aromatic heterocycles. The molecule has 2 rings (SSSR count). The van der Waals surface area contributed by atoms with Gasteiger partial charge in [0.1, 0.15) is 12.5 Å². The van der Waals surface area contributed by atoms with Gasteiger partial charge in [-0.15, -0.1) is 0 Å². The maximum Gasteiger partial charge on any atom is 0.397 e. The van der Waals surface area contributed by atoms with Gasteiger partial charge < -0.3 is 9.64 Å². The lowest BCUT2D eigenvalue weighted by atomic mass is 10.3. The molecule has 0 aromatic carbocycles. The zero-order valence-corrected chi connectivity index (χ0v) is 10.2. The minimum atomic E-state index is -4.52. The second-order valence-electron chi connectivity index (χ2n) is 4.34. The molecule has 20 heavy (non-hydrogen) atoms. The van der Waals surface area contributed by atoms with E-state index in [1.54, 1.807) is 0 Å². The summed E-state index contributed by atoms with van der Waals surface area (Å²) in [6.07, 6.45) is -4.27. The van der Waals surface area contributed by atoms with Crippen LogP contribution in [-0.4, -0.2) is 46.1 Å². The van der Waals surface area contributed by atoms with E-state index in [2.05, 4.69) is 9.97 Å². The second kappa shape index (κ2) is 5.59. The Morgan fingerprint density at radius 2 is 2.05 bits per heavy atom. The average molecular weight is 293 g/mol. The van der Waals surface area contributed by atoms with Crippen molar-refractivity contribution in [3.05, 3.63) is 18.2 Å². The summed E-state index contributed by atoms with van der Waals surface area (Å²) in [5, 5.41) is 0. The molecule has 0 radical (unpaired) electrons. The molecule has 1 fully saturated rings. The quantitative estimate of drug-likeness (QED) is 0.793. The fourth-order valence-electron chi connectivity index (χ4n) is 1.84. The van der Waals surface area contributed by atoms with E-state index in [0.29, 0.717) is 6.42 Å². The highest BCUT2D eigenvalue weighted by Crippen LogP contribution is 2.23. The van der Waals surface area contributed by atoms with Gasteiger partial charge in [0.25, 0.3) is 0 Å². The van der Waals surface area contributed by atoms with Crippen molar-refractivity contribution in [3.8, 4) is 6.01 Å². The second-order valence-corrected chi connectivity index (χ2v) is 4.34. The normalized spacial score (nSPS) is 19.2. The van der Waals surface area contributed by atoms with E-state index in [9.17, 15) is 22.4 Å². The van der Waals surface area contributed by atoms with Gasteiger partial charge >= 0.3 is 12.2 Å². The number of halogens is 4. The fraction of sp³-hybridized carbons (Fsp3) is 0.545. The fourth-order valence-corrected chi connectivity index (χ4v) is 1.84. The van der Waals surface area contributed by atoms with Gasteiger partial charge in [-0.2, -0.15) is 13.2 Å². The van der Waals surface area contributed by atoms with E-state index in [1.165, 1.54) is 0 Å². The average Bonchev–Trinajstić information content (AvgIpc) is 2.79. The SMILES string of the molecule is O=C(CC(F)(F)F)N1CC[C@@H](Oc2ncc(F)cn2)C1. The van der Waals surface area contributed by atoms with Crippen LogP contribution in [0.5, 0.6) is 6.01 Å². The van der Waals surface area contributed by atoms with Gasteiger partial charge in [0.05, 0.1) is 18.9 Å². The van der Waals surface area contributed by atoms with Crippen LogP contribution in [0.1, 0.15) is 12.8 Å². The van der Waals surface area contributed by atoms with Crippen LogP contribution < -0.4 is 4.74 Å². The van der Waals surface area contributed by atoms with Crippen molar-refractivity contribution in [1.82, 2.24) is 14.9 Å². The Balaban J connectivity index is 1.86. The van der Waals surface area contributed by atoms with Crippen LogP contribution in [0.2, 0.25) is 0 Å². The van der Waals surface area contributed by atoms with E-state index < -0.39 is 30.4 Å². The van der Waals surface area contributed by atoms with Crippen LogP contribution in [0.25, 0.3) is 0 Å². The number of likely N-dealkylation sites (tertiary alicyclic amines) is 1.